The molecule has 2 aliphatic rings. The molecule has 0 saturated heterocycles. The van der Waals surface area contributed by atoms with Crippen LogP contribution < -0.4 is 0 Å². The maximum atomic E-state index is 4.25. The van der Waals surface area contributed by atoms with E-state index >= 15 is 0 Å². The van der Waals surface area contributed by atoms with E-state index in [1.807, 2.05) is 6.08 Å². The predicted octanol–water partition coefficient (Wildman–Crippen LogP) is 2.09. The maximum absolute atomic E-state index is 4.25. The van der Waals surface area contributed by atoms with Crippen LogP contribution in [0.2, 0.25) is 0 Å². The second kappa shape index (κ2) is 2.82. The Kier molecular flexibility index (Phi) is 1.68. The van der Waals surface area contributed by atoms with Crippen molar-refractivity contribution in [1.82, 2.24) is 0 Å². The van der Waals surface area contributed by atoms with Crippen molar-refractivity contribution >= 4 is 12.1 Å². The first kappa shape index (κ1) is 6.53. The molecule has 1 aliphatic carbocycles. The molecule has 56 valence electrons. The third-order valence-electron chi connectivity index (χ3n) is 1.98. The van der Waals surface area contributed by atoms with Gasteiger partial charge >= 0.3 is 0 Å². The second-order valence-corrected chi connectivity index (χ2v) is 2.73. The van der Waals surface area contributed by atoms with E-state index in [-0.39, 0.29) is 0 Å². The number of hydrogen-bond donors (Lipinski definition) is 0. The lowest BCUT2D eigenvalue weighted by Crippen LogP contribution is -1.94. The molecule has 1 fully saturated rings. The fourth-order valence-electron chi connectivity index (χ4n) is 1.43. The topological polar surface area (TPSA) is 24.7 Å². The molecule has 2 rings (SSSR count). The molecule has 2 nitrogen and oxygen atoms in total. The van der Waals surface area contributed by atoms with Gasteiger partial charge in [0.2, 0.25) is 0 Å². The highest BCUT2D eigenvalue weighted by Gasteiger charge is 2.13. The molecule has 0 amide bonds. The highest BCUT2D eigenvalue weighted by Crippen LogP contribution is 2.21. The lowest BCUT2D eigenvalue weighted by Gasteiger charge is -1.96. The van der Waals surface area contributed by atoms with E-state index in [4.69, 9.17) is 0 Å². The second-order valence-electron chi connectivity index (χ2n) is 2.73. The lowest BCUT2D eigenvalue weighted by atomic mass is 10.2. The van der Waals surface area contributed by atoms with Crippen LogP contribution in [0.1, 0.15) is 19.3 Å². The maximum Gasteiger partial charge on any atom is 0.115 e. The molecule has 0 radical (unpaired) electrons. The average molecular weight is 146 g/mol. The standard InChI is InChI=1S/C9H10N2/c1-3-8-4-2-6-10-7-11-9(8)5-1/h2,4,6-7H,1,3,5H2. The number of allylic oxidation sites excluding steroid dienone is 3. The molecule has 1 heterocycles. The molecule has 11 heavy (non-hydrogen) atoms. The summed E-state index contributed by atoms with van der Waals surface area (Å²) in [5.74, 6) is 0. The van der Waals surface area contributed by atoms with Crippen molar-refractivity contribution in [1.29, 1.82) is 0 Å². The van der Waals surface area contributed by atoms with E-state index in [0.717, 1.165) is 6.42 Å². The summed E-state index contributed by atoms with van der Waals surface area (Å²) in [4.78, 5) is 8.20. The Labute approximate surface area is 66.1 Å². The van der Waals surface area contributed by atoms with Crippen molar-refractivity contribution in [2.24, 2.45) is 9.98 Å². The molecule has 0 aromatic carbocycles. The van der Waals surface area contributed by atoms with Gasteiger partial charge in [-0.1, -0.05) is 6.08 Å². The summed E-state index contributed by atoms with van der Waals surface area (Å²) in [7, 11) is 0. The van der Waals surface area contributed by atoms with Crippen LogP contribution in [0, 0.1) is 0 Å². The Hall–Kier alpha value is -1.18. The van der Waals surface area contributed by atoms with E-state index in [1.165, 1.54) is 24.1 Å². The first-order chi connectivity index (χ1) is 5.47. The minimum Gasteiger partial charge on any atom is -0.245 e. The van der Waals surface area contributed by atoms with Crippen LogP contribution in [0.3, 0.4) is 0 Å². The van der Waals surface area contributed by atoms with Gasteiger partial charge < -0.3 is 0 Å². The first-order valence-corrected chi connectivity index (χ1v) is 3.91. The van der Waals surface area contributed by atoms with E-state index in [9.17, 15) is 0 Å². The van der Waals surface area contributed by atoms with Gasteiger partial charge in [-0.05, 0) is 30.9 Å². The van der Waals surface area contributed by atoms with Crippen molar-refractivity contribution in [2.45, 2.75) is 19.3 Å². The molecule has 0 atom stereocenters. The quantitative estimate of drug-likeness (QED) is 0.500. The lowest BCUT2D eigenvalue weighted by molar-refractivity contribution is 0.947. The SMILES string of the molecule is C1=CN=CN=C2CCCC2=C1. The minimum absolute atomic E-state index is 1.12. The smallest absolute Gasteiger partial charge is 0.115 e. The fourth-order valence-corrected chi connectivity index (χ4v) is 1.43. The summed E-state index contributed by atoms with van der Waals surface area (Å²) in [6.45, 7) is 0. The number of nitrogens with zero attached hydrogens (tertiary/aromatic N) is 2. The van der Waals surface area contributed by atoms with Crippen molar-refractivity contribution in [3.63, 3.8) is 0 Å². The average Bonchev–Trinajstić information content (AvgIpc) is 2.35. The third-order valence-corrected chi connectivity index (χ3v) is 1.98. The highest BCUT2D eigenvalue weighted by molar-refractivity contribution is 6.05. The van der Waals surface area contributed by atoms with Gasteiger partial charge in [-0.25, -0.2) is 9.98 Å². The monoisotopic (exact) mass is 146 g/mol. The fraction of sp³-hybridized carbons (Fsp3) is 0.333. The summed E-state index contributed by atoms with van der Waals surface area (Å²) in [6, 6.07) is 0. The van der Waals surface area contributed by atoms with E-state index in [2.05, 4.69) is 16.1 Å². The molecule has 0 N–H and O–H groups in total. The summed E-state index contributed by atoms with van der Waals surface area (Å²) >= 11 is 0. The summed E-state index contributed by atoms with van der Waals surface area (Å²) in [6.07, 6.45) is 11.0. The van der Waals surface area contributed by atoms with Gasteiger partial charge in [0.05, 0.1) is 0 Å². The predicted molar refractivity (Wildman–Crippen MR) is 47.0 cm³/mol. The normalized spacial score (nSPS) is 21.8. The van der Waals surface area contributed by atoms with Crippen LogP contribution >= 0.6 is 0 Å². The third kappa shape index (κ3) is 1.29. The Morgan fingerprint density at radius 2 is 2.27 bits per heavy atom. The number of aliphatic imine (C=N–C) groups is 2. The van der Waals surface area contributed by atoms with Crippen molar-refractivity contribution in [3.8, 4) is 0 Å². The summed E-state index contributed by atoms with van der Waals surface area (Å²) in [5, 5.41) is 0. The van der Waals surface area contributed by atoms with Gasteiger partial charge in [0.15, 0.2) is 0 Å². The molecule has 0 unspecified atom stereocenters. The van der Waals surface area contributed by atoms with Crippen LogP contribution in [0.15, 0.2) is 33.9 Å². The van der Waals surface area contributed by atoms with Gasteiger partial charge in [-0.2, -0.15) is 0 Å². The van der Waals surface area contributed by atoms with Crippen molar-refractivity contribution in [2.75, 3.05) is 0 Å². The van der Waals surface area contributed by atoms with Crippen molar-refractivity contribution in [3.05, 3.63) is 23.9 Å². The van der Waals surface area contributed by atoms with Crippen LogP contribution in [-0.2, 0) is 0 Å². The molecule has 0 spiro atoms. The molecular weight excluding hydrogens is 136 g/mol. The Bertz CT molecular complexity index is 241. The number of hydrogen-bond acceptors (Lipinski definition) is 2. The minimum atomic E-state index is 1.12. The number of fused-ring (bicyclic) bond motifs is 1. The Morgan fingerprint density at radius 3 is 3.27 bits per heavy atom. The molecular formula is C9H10N2. The van der Waals surface area contributed by atoms with Gasteiger partial charge in [0.1, 0.15) is 6.34 Å². The van der Waals surface area contributed by atoms with Crippen LogP contribution in [0.4, 0.5) is 0 Å². The Balaban J connectivity index is 2.35. The van der Waals surface area contributed by atoms with Gasteiger partial charge in [0, 0.05) is 11.9 Å². The van der Waals surface area contributed by atoms with E-state index in [1.54, 1.807) is 12.5 Å². The highest BCUT2D eigenvalue weighted by atomic mass is 14.9. The molecule has 1 saturated carbocycles. The molecule has 2 heteroatoms. The summed E-state index contributed by atoms with van der Waals surface area (Å²) < 4.78 is 0. The van der Waals surface area contributed by atoms with Gasteiger partial charge in [-0.3, -0.25) is 0 Å². The Morgan fingerprint density at radius 1 is 1.27 bits per heavy atom. The van der Waals surface area contributed by atoms with E-state index in [0.29, 0.717) is 0 Å². The van der Waals surface area contributed by atoms with Crippen LogP contribution in [0.25, 0.3) is 0 Å². The van der Waals surface area contributed by atoms with E-state index < -0.39 is 0 Å². The molecule has 0 bridgehead atoms. The van der Waals surface area contributed by atoms with Gasteiger partial charge in [-0.15, -0.1) is 0 Å². The molecule has 0 aromatic rings. The zero-order valence-electron chi connectivity index (χ0n) is 6.33. The van der Waals surface area contributed by atoms with Crippen LogP contribution in [0.5, 0.6) is 0 Å². The summed E-state index contributed by atoms with van der Waals surface area (Å²) in [5.41, 5.74) is 2.60. The zero-order valence-corrected chi connectivity index (χ0v) is 6.33. The first-order valence-electron chi connectivity index (χ1n) is 3.91. The van der Waals surface area contributed by atoms with Crippen molar-refractivity contribution < 1.29 is 0 Å². The molecule has 0 aromatic heterocycles. The largest absolute Gasteiger partial charge is 0.245 e. The zero-order chi connectivity index (χ0) is 7.52. The number of rotatable bonds is 0. The van der Waals surface area contributed by atoms with Gasteiger partial charge in [0.25, 0.3) is 0 Å². The van der Waals surface area contributed by atoms with Crippen LogP contribution in [-0.4, -0.2) is 12.1 Å². The molecule has 1 aliphatic heterocycles.